The molecule has 0 amide bonds. The molecule has 0 aromatic carbocycles. The average Bonchev–Trinajstić information content (AvgIpc) is 3.11. The molecule has 1 saturated carbocycles. The zero-order chi connectivity index (χ0) is 18.6. The molecule has 10 nitrogen and oxygen atoms in total. The molecule has 1 aliphatic rings. The molecule has 2 aromatic rings. The molecule has 130 valence electrons. The third kappa shape index (κ3) is 3.11. The summed E-state index contributed by atoms with van der Waals surface area (Å²) in [5.41, 5.74) is -0.680. The van der Waals surface area contributed by atoms with E-state index in [-0.39, 0.29) is 29.2 Å². The van der Waals surface area contributed by atoms with Gasteiger partial charge in [-0.1, -0.05) is 19.3 Å². The highest BCUT2D eigenvalue weighted by Crippen LogP contribution is 2.30. The first-order chi connectivity index (χ1) is 12.6. The van der Waals surface area contributed by atoms with Gasteiger partial charge in [0.05, 0.1) is 6.07 Å². The summed E-state index contributed by atoms with van der Waals surface area (Å²) in [7, 11) is 1.66. The van der Waals surface area contributed by atoms with Crippen LogP contribution in [0.2, 0.25) is 0 Å². The van der Waals surface area contributed by atoms with E-state index in [1.807, 2.05) is 12.1 Å². The van der Waals surface area contributed by atoms with Crippen molar-refractivity contribution in [2.24, 2.45) is 0 Å². The van der Waals surface area contributed by atoms with Crippen LogP contribution in [0.1, 0.15) is 43.5 Å². The second kappa shape index (κ2) is 7.04. The smallest absolute Gasteiger partial charge is 0.242 e. The molecule has 0 saturated heterocycles. The monoisotopic (exact) mass is 348 g/mol. The summed E-state index contributed by atoms with van der Waals surface area (Å²) in [6, 6.07) is 6.15. The lowest BCUT2D eigenvalue weighted by atomic mass is 9.83. The largest absolute Gasteiger partial charge is 0.357 e. The topological polar surface area (TPSA) is 152 Å². The Kier molecular flexibility index (Phi) is 4.64. The highest BCUT2D eigenvalue weighted by molar-refractivity contribution is 5.45. The van der Waals surface area contributed by atoms with Gasteiger partial charge in [0.15, 0.2) is 11.4 Å². The zero-order valence-electron chi connectivity index (χ0n) is 14.2. The fourth-order valence-corrected chi connectivity index (χ4v) is 2.96. The molecule has 26 heavy (non-hydrogen) atoms. The van der Waals surface area contributed by atoms with Crippen molar-refractivity contribution in [3.05, 3.63) is 17.7 Å². The van der Waals surface area contributed by atoms with Crippen LogP contribution in [0, 0.1) is 34.0 Å². The van der Waals surface area contributed by atoms with Gasteiger partial charge in [0.1, 0.15) is 24.0 Å². The van der Waals surface area contributed by atoms with Gasteiger partial charge in [-0.05, 0) is 12.8 Å². The summed E-state index contributed by atoms with van der Waals surface area (Å²) < 4.78 is 1.33. The van der Waals surface area contributed by atoms with Gasteiger partial charge < -0.3 is 10.6 Å². The highest BCUT2D eigenvalue weighted by atomic mass is 15.3. The lowest BCUT2D eigenvalue weighted by Crippen LogP contribution is -2.39. The van der Waals surface area contributed by atoms with E-state index in [9.17, 15) is 10.5 Å². The van der Waals surface area contributed by atoms with E-state index in [0.29, 0.717) is 12.8 Å². The molecular formula is C16H16N10. The molecule has 2 heterocycles. The molecule has 0 spiro atoms. The maximum absolute atomic E-state index is 9.64. The predicted octanol–water partition coefficient (Wildman–Crippen LogP) is 1.48. The number of nitrogens with one attached hydrogen (secondary N) is 2. The van der Waals surface area contributed by atoms with Crippen LogP contribution in [-0.4, -0.2) is 37.1 Å². The molecular weight excluding hydrogens is 332 g/mol. The summed E-state index contributed by atoms with van der Waals surface area (Å²) in [5.74, 6) is 0.651. The van der Waals surface area contributed by atoms with Crippen molar-refractivity contribution in [3.63, 3.8) is 0 Å². The number of nitrogens with zero attached hydrogens (tertiary/aromatic N) is 8. The van der Waals surface area contributed by atoms with Crippen LogP contribution in [0.25, 0.3) is 5.95 Å². The third-order valence-electron chi connectivity index (χ3n) is 4.31. The maximum Gasteiger partial charge on any atom is 0.242 e. The van der Waals surface area contributed by atoms with Gasteiger partial charge >= 0.3 is 0 Å². The van der Waals surface area contributed by atoms with Crippen LogP contribution in [0.5, 0.6) is 0 Å². The molecule has 0 unspecified atom stereocenters. The van der Waals surface area contributed by atoms with Crippen LogP contribution in [0.15, 0.2) is 6.33 Å². The van der Waals surface area contributed by atoms with E-state index >= 15 is 0 Å². The molecule has 0 bridgehead atoms. The van der Waals surface area contributed by atoms with Gasteiger partial charge in [-0.25, -0.2) is 4.98 Å². The molecule has 10 heteroatoms. The maximum atomic E-state index is 9.64. The molecule has 0 atom stereocenters. The van der Waals surface area contributed by atoms with E-state index in [0.717, 1.165) is 19.3 Å². The molecule has 0 radical (unpaired) electrons. The standard InChI is InChI=1S/C16H16N10/c1-20-13-22-14(25-16(9-19)5-3-2-4-6-16)24-15(23-13)26-10-21-11(7-17)12(26)8-18/h10H,2-6H2,1H3,(H2,20,22,23,24,25). The number of anilines is 2. The van der Waals surface area contributed by atoms with Crippen molar-refractivity contribution in [3.8, 4) is 24.2 Å². The molecule has 3 rings (SSSR count). The SMILES string of the molecule is CNc1nc(NC2(C#N)CCCCC2)nc(-n2cnc(C#N)c2C#N)n1. The predicted molar refractivity (Wildman–Crippen MR) is 91.0 cm³/mol. The van der Waals surface area contributed by atoms with Crippen LogP contribution in [0.4, 0.5) is 11.9 Å². The minimum Gasteiger partial charge on any atom is -0.357 e. The highest BCUT2D eigenvalue weighted by Gasteiger charge is 2.33. The number of imidazole rings is 1. The van der Waals surface area contributed by atoms with Gasteiger partial charge in [-0.15, -0.1) is 0 Å². The van der Waals surface area contributed by atoms with Gasteiger partial charge in [0.25, 0.3) is 0 Å². The van der Waals surface area contributed by atoms with Crippen LogP contribution < -0.4 is 10.6 Å². The number of rotatable bonds is 4. The number of aromatic nitrogens is 5. The van der Waals surface area contributed by atoms with Crippen molar-refractivity contribution < 1.29 is 0 Å². The fraction of sp³-hybridized carbons (Fsp3) is 0.438. The van der Waals surface area contributed by atoms with E-state index in [1.165, 1.54) is 10.9 Å². The third-order valence-corrected chi connectivity index (χ3v) is 4.31. The Labute approximate surface area is 150 Å². The molecule has 1 fully saturated rings. The van der Waals surface area contributed by atoms with Crippen LogP contribution in [-0.2, 0) is 0 Å². The summed E-state index contributed by atoms with van der Waals surface area (Å²) in [4.78, 5) is 16.7. The van der Waals surface area contributed by atoms with E-state index in [4.69, 9.17) is 5.26 Å². The Morgan fingerprint density at radius 3 is 2.38 bits per heavy atom. The fourth-order valence-electron chi connectivity index (χ4n) is 2.96. The second-order valence-corrected chi connectivity index (χ2v) is 5.95. The van der Waals surface area contributed by atoms with Crippen molar-refractivity contribution >= 4 is 11.9 Å². The lowest BCUT2D eigenvalue weighted by molar-refractivity contribution is 0.390. The Morgan fingerprint density at radius 1 is 1.04 bits per heavy atom. The number of hydrogen-bond donors (Lipinski definition) is 2. The van der Waals surface area contributed by atoms with Crippen LogP contribution in [0.3, 0.4) is 0 Å². The summed E-state index contributed by atoms with van der Waals surface area (Å²) in [6.07, 6.45) is 5.77. The lowest BCUT2D eigenvalue weighted by Gasteiger charge is -2.31. The minimum atomic E-state index is -0.716. The number of hydrogen-bond acceptors (Lipinski definition) is 9. The second-order valence-electron chi connectivity index (χ2n) is 5.95. The van der Waals surface area contributed by atoms with Crippen molar-refractivity contribution in [1.29, 1.82) is 15.8 Å². The normalized spacial score (nSPS) is 15.3. The van der Waals surface area contributed by atoms with Gasteiger partial charge in [-0.2, -0.15) is 30.7 Å². The first-order valence-corrected chi connectivity index (χ1v) is 8.16. The molecule has 2 N–H and O–H groups in total. The molecule has 0 aliphatic heterocycles. The summed E-state index contributed by atoms with van der Waals surface area (Å²) in [5, 5.41) is 34.0. The zero-order valence-corrected chi connectivity index (χ0v) is 14.2. The Hall–Kier alpha value is -3.71. The van der Waals surface area contributed by atoms with E-state index in [1.54, 1.807) is 7.05 Å². The Bertz CT molecular complexity index is 933. The van der Waals surface area contributed by atoms with Crippen molar-refractivity contribution in [1.82, 2.24) is 24.5 Å². The van der Waals surface area contributed by atoms with Gasteiger partial charge in [0, 0.05) is 7.05 Å². The summed E-state index contributed by atoms with van der Waals surface area (Å²) in [6.45, 7) is 0. The van der Waals surface area contributed by atoms with Crippen molar-refractivity contribution in [2.45, 2.75) is 37.6 Å². The quantitative estimate of drug-likeness (QED) is 0.836. The Morgan fingerprint density at radius 2 is 1.77 bits per heavy atom. The summed E-state index contributed by atoms with van der Waals surface area (Å²) >= 11 is 0. The molecule has 1 aliphatic carbocycles. The Balaban J connectivity index is 2.03. The first-order valence-electron chi connectivity index (χ1n) is 8.16. The van der Waals surface area contributed by atoms with E-state index < -0.39 is 5.54 Å². The van der Waals surface area contributed by atoms with Crippen LogP contribution >= 0.6 is 0 Å². The molecule has 2 aromatic heterocycles. The average molecular weight is 348 g/mol. The van der Waals surface area contributed by atoms with Gasteiger partial charge in [-0.3, -0.25) is 4.57 Å². The first kappa shape index (κ1) is 17.1. The minimum absolute atomic E-state index is 0.00537. The van der Waals surface area contributed by atoms with E-state index in [2.05, 4.69) is 36.6 Å². The van der Waals surface area contributed by atoms with Gasteiger partial charge in [0.2, 0.25) is 17.8 Å². The van der Waals surface area contributed by atoms with Crippen molar-refractivity contribution in [2.75, 3.05) is 17.7 Å². The number of nitriles is 3.